The summed E-state index contributed by atoms with van der Waals surface area (Å²) in [5, 5.41) is 20.5. The highest BCUT2D eigenvalue weighted by atomic mass is 33.1. The van der Waals surface area contributed by atoms with Gasteiger partial charge in [0.15, 0.2) is 12.2 Å². The standard InChI is InChI=1S/C18H27N3O8S2/c1-9(2)8-10(17(26)21-6-3-4-11(21)18(27)28)19-15(24)13-14(29-13)16(25)20-31-30-7-5-12(22)23/h9-11,13-14H,3-8H2,1-2H3,(H,19,24)(H,20,25)(H,22,23)(H,27,28). The summed E-state index contributed by atoms with van der Waals surface area (Å²) in [6, 6.07) is -1.80. The number of amides is 3. The van der Waals surface area contributed by atoms with Crippen LogP contribution in [0.15, 0.2) is 0 Å². The maximum atomic E-state index is 12.9. The van der Waals surface area contributed by atoms with Crippen molar-refractivity contribution < 1.29 is 38.9 Å². The van der Waals surface area contributed by atoms with Gasteiger partial charge in [0.05, 0.1) is 6.42 Å². The fourth-order valence-corrected chi connectivity index (χ4v) is 4.77. The second kappa shape index (κ2) is 11.6. The molecule has 2 saturated heterocycles. The zero-order chi connectivity index (χ0) is 23.1. The molecule has 2 fully saturated rings. The Morgan fingerprint density at radius 3 is 2.42 bits per heavy atom. The van der Waals surface area contributed by atoms with E-state index < -0.39 is 54.0 Å². The number of nitrogens with one attached hydrogen (secondary N) is 2. The van der Waals surface area contributed by atoms with Crippen molar-refractivity contribution in [2.75, 3.05) is 12.3 Å². The van der Waals surface area contributed by atoms with Crippen LogP contribution in [-0.2, 0) is 28.7 Å². The number of nitrogens with zero attached hydrogens (tertiary/aromatic N) is 1. The molecule has 0 aromatic carbocycles. The lowest BCUT2D eigenvalue weighted by molar-refractivity contribution is -0.149. The van der Waals surface area contributed by atoms with E-state index in [4.69, 9.17) is 9.84 Å². The number of aliphatic carboxylic acids is 2. The predicted molar refractivity (Wildman–Crippen MR) is 113 cm³/mol. The first-order valence-electron chi connectivity index (χ1n) is 9.91. The Labute approximate surface area is 187 Å². The van der Waals surface area contributed by atoms with Crippen molar-refractivity contribution in [1.29, 1.82) is 0 Å². The molecule has 13 heteroatoms. The van der Waals surface area contributed by atoms with Crippen LogP contribution in [0.1, 0.15) is 39.5 Å². The van der Waals surface area contributed by atoms with E-state index in [1.807, 2.05) is 13.8 Å². The van der Waals surface area contributed by atoms with Gasteiger partial charge in [-0.15, -0.1) is 0 Å². The number of ether oxygens (including phenoxy) is 1. The van der Waals surface area contributed by atoms with E-state index >= 15 is 0 Å². The second-order valence-corrected chi connectivity index (χ2v) is 9.93. The highest BCUT2D eigenvalue weighted by molar-refractivity contribution is 8.76. The molecule has 4 N–H and O–H groups in total. The van der Waals surface area contributed by atoms with Gasteiger partial charge in [0, 0.05) is 23.3 Å². The number of carboxylic acids is 2. The number of rotatable bonds is 12. The van der Waals surface area contributed by atoms with Crippen LogP contribution in [0.2, 0.25) is 0 Å². The molecule has 3 amide bonds. The molecule has 0 aliphatic carbocycles. The van der Waals surface area contributed by atoms with Crippen LogP contribution in [0.5, 0.6) is 0 Å². The summed E-state index contributed by atoms with van der Waals surface area (Å²) in [5.74, 6) is -3.20. The normalized spacial score (nSPS) is 23.3. The van der Waals surface area contributed by atoms with Gasteiger partial charge in [-0.1, -0.05) is 24.6 Å². The highest BCUT2D eigenvalue weighted by Crippen LogP contribution is 2.26. The second-order valence-electron chi connectivity index (χ2n) is 7.71. The number of hydrogen-bond donors (Lipinski definition) is 4. The first-order valence-corrected chi connectivity index (χ1v) is 12.2. The van der Waals surface area contributed by atoms with Gasteiger partial charge in [0.1, 0.15) is 12.1 Å². The van der Waals surface area contributed by atoms with Gasteiger partial charge in [-0.2, -0.15) is 0 Å². The molecular weight excluding hydrogens is 450 g/mol. The number of carbonyl (C=O) groups is 5. The minimum Gasteiger partial charge on any atom is -0.481 e. The first kappa shape index (κ1) is 25.3. The van der Waals surface area contributed by atoms with Gasteiger partial charge in [-0.3, -0.25) is 23.9 Å². The minimum absolute atomic E-state index is 0.0382. The molecule has 0 aromatic heterocycles. The van der Waals surface area contributed by atoms with Gasteiger partial charge in [-0.25, -0.2) is 4.79 Å². The fourth-order valence-electron chi connectivity index (χ4n) is 3.24. The van der Waals surface area contributed by atoms with Crippen LogP contribution in [0, 0.1) is 5.92 Å². The average molecular weight is 478 g/mol. The van der Waals surface area contributed by atoms with Crippen LogP contribution >= 0.6 is 21.8 Å². The molecule has 2 aliphatic rings. The van der Waals surface area contributed by atoms with E-state index in [0.717, 1.165) is 21.8 Å². The molecule has 2 heterocycles. The fraction of sp³-hybridized carbons (Fsp3) is 0.722. The molecule has 0 spiro atoms. The van der Waals surface area contributed by atoms with Crippen molar-refractivity contribution in [3.63, 3.8) is 0 Å². The van der Waals surface area contributed by atoms with E-state index in [2.05, 4.69) is 10.0 Å². The SMILES string of the molecule is CC(C)CC(NC(=O)C1OC1C(=O)NSSCCC(=O)O)C(=O)N1CCCC1C(=O)O. The molecule has 174 valence electrons. The first-order chi connectivity index (χ1) is 14.6. The lowest BCUT2D eigenvalue weighted by Gasteiger charge is -2.28. The third kappa shape index (κ3) is 7.58. The third-order valence-corrected chi connectivity index (χ3v) is 6.63. The summed E-state index contributed by atoms with van der Waals surface area (Å²) in [5.41, 5.74) is 0. The molecule has 4 atom stereocenters. The number of hydrogen-bond acceptors (Lipinski definition) is 8. The Hall–Kier alpha value is -1.99. The highest BCUT2D eigenvalue weighted by Gasteiger charge is 2.51. The quantitative estimate of drug-likeness (QED) is 0.132. The van der Waals surface area contributed by atoms with Crippen LogP contribution in [0.4, 0.5) is 0 Å². The van der Waals surface area contributed by atoms with Crippen LogP contribution in [0.25, 0.3) is 0 Å². The molecule has 0 saturated carbocycles. The number of epoxide rings is 1. The molecule has 11 nitrogen and oxygen atoms in total. The van der Waals surface area contributed by atoms with Crippen LogP contribution in [-0.4, -0.2) is 81.4 Å². The van der Waals surface area contributed by atoms with E-state index in [1.54, 1.807) is 0 Å². The number of carbonyl (C=O) groups excluding carboxylic acids is 3. The minimum atomic E-state index is -1.07. The zero-order valence-electron chi connectivity index (χ0n) is 17.2. The van der Waals surface area contributed by atoms with Crippen molar-refractivity contribution >= 4 is 51.4 Å². The van der Waals surface area contributed by atoms with Gasteiger partial charge >= 0.3 is 11.9 Å². The Morgan fingerprint density at radius 1 is 1.13 bits per heavy atom. The third-order valence-electron chi connectivity index (χ3n) is 4.75. The lowest BCUT2D eigenvalue weighted by Crippen LogP contribution is -2.53. The Bertz CT molecular complexity index is 720. The number of carboxylic acid groups (broad SMARTS) is 2. The largest absolute Gasteiger partial charge is 0.481 e. The summed E-state index contributed by atoms with van der Waals surface area (Å²) in [7, 11) is 2.11. The molecule has 0 radical (unpaired) electrons. The maximum absolute atomic E-state index is 12.9. The molecule has 0 bridgehead atoms. The molecule has 0 aromatic rings. The van der Waals surface area contributed by atoms with Crippen LogP contribution < -0.4 is 10.0 Å². The summed E-state index contributed by atoms with van der Waals surface area (Å²) in [4.78, 5) is 60.6. The summed E-state index contributed by atoms with van der Waals surface area (Å²) in [6.45, 7) is 4.09. The molecular formula is C18H27N3O8S2. The van der Waals surface area contributed by atoms with Crippen LogP contribution in [0.3, 0.4) is 0 Å². The van der Waals surface area contributed by atoms with Crippen molar-refractivity contribution in [1.82, 2.24) is 14.9 Å². The van der Waals surface area contributed by atoms with Crippen molar-refractivity contribution in [3.05, 3.63) is 0 Å². The van der Waals surface area contributed by atoms with Gasteiger partial charge in [0.25, 0.3) is 11.8 Å². The van der Waals surface area contributed by atoms with Gasteiger partial charge < -0.3 is 25.2 Å². The van der Waals surface area contributed by atoms with E-state index in [1.165, 1.54) is 4.90 Å². The van der Waals surface area contributed by atoms with Crippen molar-refractivity contribution in [3.8, 4) is 0 Å². The molecule has 2 rings (SSSR count). The average Bonchev–Trinajstić information content (AvgIpc) is 3.34. The van der Waals surface area contributed by atoms with Crippen molar-refractivity contribution in [2.24, 2.45) is 5.92 Å². The van der Waals surface area contributed by atoms with Gasteiger partial charge in [0.2, 0.25) is 5.91 Å². The molecule has 4 unspecified atom stereocenters. The predicted octanol–water partition coefficient (Wildman–Crippen LogP) is 0.248. The zero-order valence-corrected chi connectivity index (χ0v) is 18.9. The topological polar surface area (TPSA) is 166 Å². The summed E-state index contributed by atoms with van der Waals surface area (Å²) >= 11 is 0. The maximum Gasteiger partial charge on any atom is 0.326 e. The molecule has 31 heavy (non-hydrogen) atoms. The Balaban J connectivity index is 1.86. The number of likely N-dealkylation sites (tertiary alicyclic amines) is 1. The Kier molecular flexibility index (Phi) is 9.44. The summed E-state index contributed by atoms with van der Waals surface area (Å²) in [6.07, 6.45) is -0.765. The Morgan fingerprint density at radius 2 is 1.81 bits per heavy atom. The smallest absolute Gasteiger partial charge is 0.326 e. The molecule has 2 aliphatic heterocycles. The monoisotopic (exact) mass is 477 g/mol. The van der Waals surface area contributed by atoms with Crippen molar-refractivity contribution in [2.45, 2.75) is 63.8 Å². The van der Waals surface area contributed by atoms with E-state index in [-0.39, 0.29) is 12.3 Å². The van der Waals surface area contributed by atoms with E-state index in [9.17, 15) is 29.1 Å². The summed E-state index contributed by atoms with van der Waals surface area (Å²) < 4.78 is 7.62. The van der Waals surface area contributed by atoms with Gasteiger partial charge in [-0.05, 0) is 25.2 Å². The lowest BCUT2D eigenvalue weighted by atomic mass is 10.0. The van der Waals surface area contributed by atoms with E-state index in [0.29, 0.717) is 31.6 Å².